The summed E-state index contributed by atoms with van der Waals surface area (Å²) in [4.78, 5) is 12.7. The van der Waals surface area contributed by atoms with Crippen molar-refractivity contribution in [2.24, 2.45) is 0 Å². The third-order valence-electron chi connectivity index (χ3n) is 4.41. The lowest BCUT2D eigenvalue weighted by atomic mass is 9.95. The van der Waals surface area contributed by atoms with Gasteiger partial charge in [0.2, 0.25) is 15.9 Å². The van der Waals surface area contributed by atoms with Crippen LogP contribution >= 0.6 is 0 Å². The van der Waals surface area contributed by atoms with Crippen molar-refractivity contribution in [3.05, 3.63) is 59.2 Å². The Kier molecular flexibility index (Phi) is 4.89. The zero-order chi connectivity index (χ0) is 18.0. The first-order valence-corrected chi connectivity index (χ1v) is 9.54. The number of fused-ring (bicyclic) bond motifs is 1. The largest absolute Gasteiger partial charge is 0.325 e. The zero-order valence-electron chi connectivity index (χ0n) is 14.2. The Morgan fingerprint density at radius 3 is 2.60 bits per heavy atom. The highest BCUT2D eigenvalue weighted by molar-refractivity contribution is 7.89. The van der Waals surface area contributed by atoms with Gasteiger partial charge in [0.1, 0.15) is 0 Å². The summed E-state index contributed by atoms with van der Waals surface area (Å²) in [5, 5.41) is 6.03. The van der Waals surface area contributed by atoms with Crippen molar-refractivity contribution in [2.45, 2.75) is 30.8 Å². The van der Waals surface area contributed by atoms with E-state index >= 15 is 0 Å². The molecule has 132 valence electrons. The molecular formula is C18H21N3O3S. The van der Waals surface area contributed by atoms with Gasteiger partial charge in [-0.05, 0) is 49.2 Å². The molecule has 3 N–H and O–H groups in total. The van der Waals surface area contributed by atoms with Crippen LogP contribution in [0.25, 0.3) is 0 Å². The molecule has 0 fully saturated rings. The maximum Gasteiger partial charge on any atom is 0.241 e. The van der Waals surface area contributed by atoms with Gasteiger partial charge in [-0.15, -0.1) is 0 Å². The van der Waals surface area contributed by atoms with Crippen molar-refractivity contribution in [1.29, 1.82) is 0 Å². The van der Waals surface area contributed by atoms with E-state index in [1.165, 1.54) is 18.7 Å². The van der Waals surface area contributed by atoms with Crippen LogP contribution in [0.5, 0.6) is 0 Å². The van der Waals surface area contributed by atoms with Gasteiger partial charge in [0.05, 0.1) is 10.9 Å². The van der Waals surface area contributed by atoms with Crippen molar-refractivity contribution < 1.29 is 13.2 Å². The molecule has 6 nitrogen and oxygen atoms in total. The third kappa shape index (κ3) is 3.73. The smallest absolute Gasteiger partial charge is 0.241 e. The van der Waals surface area contributed by atoms with E-state index in [-0.39, 0.29) is 16.8 Å². The van der Waals surface area contributed by atoms with E-state index in [1.54, 1.807) is 19.1 Å². The van der Waals surface area contributed by atoms with Gasteiger partial charge >= 0.3 is 0 Å². The van der Waals surface area contributed by atoms with Crippen molar-refractivity contribution in [2.75, 3.05) is 12.4 Å². The fourth-order valence-corrected chi connectivity index (χ4v) is 3.94. The molecule has 25 heavy (non-hydrogen) atoms. The van der Waals surface area contributed by atoms with Crippen molar-refractivity contribution in [3.63, 3.8) is 0 Å². The molecular weight excluding hydrogens is 338 g/mol. The van der Waals surface area contributed by atoms with Gasteiger partial charge < -0.3 is 10.6 Å². The van der Waals surface area contributed by atoms with E-state index < -0.39 is 10.0 Å². The van der Waals surface area contributed by atoms with Crippen molar-refractivity contribution in [3.8, 4) is 0 Å². The van der Waals surface area contributed by atoms with E-state index in [0.717, 1.165) is 5.56 Å². The van der Waals surface area contributed by atoms with E-state index in [2.05, 4.69) is 15.4 Å². The lowest BCUT2D eigenvalue weighted by Crippen LogP contribution is -2.44. The van der Waals surface area contributed by atoms with Gasteiger partial charge in [0.15, 0.2) is 0 Å². The van der Waals surface area contributed by atoms with Gasteiger partial charge in [-0.1, -0.05) is 30.3 Å². The fourth-order valence-electron chi connectivity index (χ4n) is 2.95. The summed E-state index contributed by atoms with van der Waals surface area (Å²) in [5.41, 5.74) is 3.44. The lowest BCUT2D eigenvalue weighted by molar-refractivity contribution is -0.118. The standard InChI is InChI=1S/C18H21N3O3S/c1-12-7-8-15(10-17(12)25(23,24)19-2)21-18(22)16-9-13-5-3-4-6-14(13)11-20-16/h3-8,10,16,19-20H,9,11H2,1-2H3,(H,21,22). The van der Waals surface area contributed by atoms with E-state index in [0.29, 0.717) is 24.2 Å². The summed E-state index contributed by atoms with van der Waals surface area (Å²) in [6.45, 7) is 2.36. The molecule has 2 aromatic rings. The van der Waals surface area contributed by atoms with E-state index in [1.807, 2.05) is 24.3 Å². The third-order valence-corrected chi connectivity index (χ3v) is 5.97. The number of carbonyl (C=O) groups is 1. The fraction of sp³-hybridized carbons (Fsp3) is 0.278. The molecule has 1 aliphatic heterocycles. The zero-order valence-corrected chi connectivity index (χ0v) is 15.0. The average molecular weight is 359 g/mol. The normalized spacial score (nSPS) is 17.0. The van der Waals surface area contributed by atoms with Crippen LogP contribution in [0.15, 0.2) is 47.4 Å². The minimum absolute atomic E-state index is 0.162. The number of hydrogen-bond acceptors (Lipinski definition) is 4. The molecule has 1 unspecified atom stereocenters. The maximum atomic E-state index is 12.6. The second kappa shape index (κ2) is 6.95. The molecule has 0 radical (unpaired) electrons. The molecule has 1 atom stereocenters. The van der Waals surface area contributed by atoms with Crippen LogP contribution in [0.3, 0.4) is 0 Å². The first-order chi connectivity index (χ1) is 11.9. The quantitative estimate of drug-likeness (QED) is 0.773. The predicted octanol–water partition coefficient (Wildman–Crippen LogP) is 1.56. The number of amides is 1. The Morgan fingerprint density at radius 2 is 1.88 bits per heavy atom. The topological polar surface area (TPSA) is 87.3 Å². The molecule has 0 saturated carbocycles. The van der Waals surface area contributed by atoms with Crippen LogP contribution in [-0.4, -0.2) is 27.4 Å². The molecule has 0 bridgehead atoms. The van der Waals surface area contributed by atoms with E-state index in [4.69, 9.17) is 0 Å². The van der Waals surface area contributed by atoms with Gasteiger partial charge in [0.25, 0.3) is 0 Å². The van der Waals surface area contributed by atoms with Gasteiger partial charge in [-0.2, -0.15) is 0 Å². The van der Waals surface area contributed by atoms with Crippen LogP contribution in [0, 0.1) is 6.92 Å². The summed E-state index contributed by atoms with van der Waals surface area (Å²) < 4.78 is 26.4. The van der Waals surface area contributed by atoms with Gasteiger partial charge in [0, 0.05) is 12.2 Å². The summed E-state index contributed by atoms with van der Waals surface area (Å²) in [6, 6.07) is 12.6. The first kappa shape index (κ1) is 17.6. The average Bonchev–Trinajstić information content (AvgIpc) is 2.62. The first-order valence-electron chi connectivity index (χ1n) is 8.06. The molecule has 1 amide bonds. The SMILES string of the molecule is CNS(=O)(=O)c1cc(NC(=O)C2Cc3ccccc3CN2)ccc1C. The number of hydrogen-bond donors (Lipinski definition) is 3. The molecule has 0 aliphatic carbocycles. The minimum atomic E-state index is -3.57. The summed E-state index contributed by atoms with van der Waals surface area (Å²) in [7, 11) is -2.20. The van der Waals surface area contributed by atoms with Gasteiger partial charge in [-0.3, -0.25) is 4.79 Å². The Bertz CT molecular complexity index is 910. The predicted molar refractivity (Wildman–Crippen MR) is 96.8 cm³/mol. The summed E-state index contributed by atoms with van der Waals surface area (Å²) in [6.07, 6.45) is 0.607. The second-order valence-corrected chi connectivity index (χ2v) is 7.94. The van der Waals surface area contributed by atoms with Crippen LogP contribution < -0.4 is 15.4 Å². The highest BCUT2D eigenvalue weighted by Gasteiger charge is 2.24. The number of rotatable bonds is 4. The Hall–Kier alpha value is -2.22. The highest BCUT2D eigenvalue weighted by Crippen LogP contribution is 2.21. The summed E-state index contributed by atoms with van der Waals surface area (Å²) in [5.74, 6) is -0.175. The van der Waals surface area contributed by atoms with Crippen LogP contribution in [0.1, 0.15) is 16.7 Å². The molecule has 0 saturated heterocycles. The van der Waals surface area contributed by atoms with Crippen LogP contribution in [-0.2, 0) is 27.8 Å². The number of carbonyl (C=O) groups excluding carboxylic acids is 1. The monoisotopic (exact) mass is 359 g/mol. The molecule has 3 rings (SSSR count). The number of anilines is 1. The number of aryl methyl sites for hydroxylation is 1. The van der Waals surface area contributed by atoms with Crippen LogP contribution in [0.2, 0.25) is 0 Å². The number of benzene rings is 2. The lowest BCUT2D eigenvalue weighted by Gasteiger charge is -2.25. The molecule has 7 heteroatoms. The van der Waals surface area contributed by atoms with E-state index in [9.17, 15) is 13.2 Å². The number of nitrogens with one attached hydrogen (secondary N) is 3. The van der Waals surface area contributed by atoms with Crippen LogP contribution in [0.4, 0.5) is 5.69 Å². The molecule has 2 aromatic carbocycles. The Morgan fingerprint density at radius 1 is 1.16 bits per heavy atom. The summed E-state index contributed by atoms with van der Waals surface area (Å²) >= 11 is 0. The Balaban J connectivity index is 1.77. The second-order valence-electron chi connectivity index (χ2n) is 6.08. The molecule has 0 spiro atoms. The Labute approximate surface area is 147 Å². The van der Waals surface area contributed by atoms with Crippen molar-refractivity contribution in [1.82, 2.24) is 10.0 Å². The highest BCUT2D eigenvalue weighted by atomic mass is 32.2. The molecule has 1 aliphatic rings. The molecule has 0 aromatic heterocycles. The molecule has 1 heterocycles. The maximum absolute atomic E-state index is 12.6. The minimum Gasteiger partial charge on any atom is -0.325 e. The number of sulfonamides is 1. The van der Waals surface area contributed by atoms with Crippen molar-refractivity contribution >= 4 is 21.6 Å². The van der Waals surface area contributed by atoms with Gasteiger partial charge in [-0.25, -0.2) is 13.1 Å².